The second-order valence-electron chi connectivity index (χ2n) is 4.88. The maximum absolute atomic E-state index is 6.14. The lowest BCUT2D eigenvalue weighted by Gasteiger charge is -2.10. The van der Waals surface area contributed by atoms with Crippen molar-refractivity contribution in [3.8, 4) is 5.75 Å². The molecule has 0 spiro atoms. The van der Waals surface area contributed by atoms with Crippen LogP contribution in [-0.4, -0.2) is 16.8 Å². The zero-order valence-electron chi connectivity index (χ0n) is 11.8. The Balaban J connectivity index is 2.00. The number of rotatable bonds is 4. The molecular weight excluding hydrogens is 260 g/mol. The second kappa shape index (κ2) is 5.66. The number of nitrogens with one attached hydrogen (secondary N) is 1. The fourth-order valence-corrected chi connectivity index (χ4v) is 2.31. The molecule has 0 aliphatic rings. The third-order valence-electron chi connectivity index (χ3n) is 3.31. The maximum Gasteiger partial charge on any atom is 0.119 e. The van der Waals surface area contributed by atoms with E-state index in [1.54, 1.807) is 0 Å². The summed E-state index contributed by atoms with van der Waals surface area (Å²) in [4.78, 5) is 0. The van der Waals surface area contributed by atoms with Crippen LogP contribution >= 0.6 is 11.6 Å². The van der Waals surface area contributed by atoms with Gasteiger partial charge in [0.1, 0.15) is 5.75 Å². The van der Waals surface area contributed by atoms with E-state index in [1.165, 1.54) is 5.56 Å². The minimum absolute atomic E-state index is 0.641. The molecule has 102 valence electrons. The lowest BCUT2D eigenvalue weighted by Crippen LogP contribution is -2.03. The highest BCUT2D eigenvalue weighted by Crippen LogP contribution is 2.26. The zero-order valence-corrected chi connectivity index (χ0v) is 12.6. The number of ether oxygens (including phenoxy) is 1. The van der Waals surface area contributed by atoms with Crippen LogP contribution < -0.4 is 4.74 Å². The van der Waals surface area contributed by atoms with E-state index >= 15 is 0 Å². The van der Waals surface area contributed by atoms with Crippen molar-refractivity contribution in [3.63, 3.8) is 0 Å². The molecule has 0 atom stereocenters. The molecule has 19 heavy (non-hydrogen) atoms. The normalized spacial score (nSPS) is 10.8. The first-order valence-electron chi connectivity index (χ1n) is 6.39. The molecule has 2 rings (SSSR count). The average molecular weight is 279 g/mol. The van der Waals surface area contributed by atoms with Crippen molar-refractivity contribution in [2.45, 2.75) is 34.1 Å². The van der Waals surface area contributed by atoms with E-state index in [9.17, 15) is 0 Å². The summed E-state index contributed by atoms with van der Waals surface area (Å²) in [5, 5.41) is 7.99. The quantitative estimate of drug-likeness (QED) is 0.920. The number of H-pyrrole nitrogens is 1. The number of aromatic nitrogens is 2. The highest BCUT2D eigenvalue weighted by Gasteiger charge is 2.07. The lowest BCUT2D eigenvalue weighted by atomic mass is 10.1. The van der Waals surface area contributed by atoms with Gasteiger partial charge in [-0.1, -0.05) is 11.6 Å². The van der Waals surface area contributed by atoms with Crippen LogP contribution in [-0.2, 0) is 6.42 Å². The Kier molecular flexibility index (Phi) is 4.15. The fourth-order valence-electron chi connectivity index (χ4n) is 2.20. The molecule has 0 fully saturated rings. The zero-order chi connectivity index (χ0) is 14.0. The monoisotopic (exact) mass is 278 g/mol. The number of hydrogen-bond donors (Lipinski definition) is 1. The van der Waals surface area contributed by atoms with Gasteiger partial charge in [0.25, 0.3) is 0 Å². The van der Waals surface area contributed by atoms with Gasteiger partial charge in [0.2, 0.25) is 0 Å². The van der Waals surface area contributed by atoms with E-state index in [1.807, 2.05) is 39.8 Å². The SMILES string of the molecule is Cc1cc(OCCc2c(C)n[nH]c2C)cc(C)c1Cl. The molecule has 3 nitrogen and oxygen atoms in total. The molecular formula is C15H19ClN2O. The van der Waals surface area contributed by atoms with Gasteiger partial charge >= 0.3 is 0 Å². The van der Waals surface area contributed by atoms with Crippen molar-refractivity contribution in [2.75, 3.05) is 6.61 Å². The van der Waals surface area contributed by atoms with Gasteiger partial charge in [-0.05, 0) is 56.5 Å². The van der Waals surface area contributed by atoms with Crippen LogP contribution in [0, 0.1) is 27.7 Å². The van der Waals surface area contributed by atoms with E-state index in [0.717, 1.165) is 39.7 Å². The molecule has 0 aliphatic heterocycles. The average Bonchev–Trinajstić information content (AvgIpc) is 2.67. The Morgan fingerprint density at radius 1 is 1.16 bits per heavy atom. The van der Waals surface area contributed by atoms with Crippen molar-refractivity contribution in [1.82, 2.24) is 10.2 Å². The third kappa shape index (κ3) is 3.10. The summed E-state index contributed by atoms with van der Waals surface area (Å²) < 4.78 is 5.81. The number of benzene rings is 1. The van der Waals surface area contributed by atoms with Crippen molar-refractivity contribution >= 4 is 11.6 Å². The Hall–Kier alpha value is -1.48. The molecule has 2 aromatic rings. The van der Waals surface area contributed by atoms with Gasteiger partial charge in [0.05, 0.1) is 12.3 Å². The van der Waals surface area contributed by atoms with Crippen LogP contribution in [0.25, 0.3) is 0 Å². The number of nitrogens with zero attached hydrogens (tertiary/aromatic N) is 1. The molecule has 0 aliphatic carbocycles. The number of aromatic amines is 1. The lowest BCUT2D eigenvalue weighted by molar-refractivity contribution is 0.321. The smallest absolute Gasteiger partial charge is 0.119 e. The molecule has 0 saturated carbocycles. The van der Waals surface area contributed by atoms with Crippen LogP contribution in [0.2, 0.25) is 5.02 Å². The van der Waals surface area contributed by atoms with E-state index in [-0.39, 0.29) is 0 Å². The van der Waals surface area contributed by atoms with Gasteiger partial charge in [0.15, 0.2) is 0 Å². The molecule has 0 unspecified atom stereocenters. The first-order valence-corrected chi connectivity index (χ1v) is 6.77. The number of aryl methyl sites for hydroxylation is 4. The standard InChI is InChI=1S/C15H19ClN2O/c1-9-7-13(8-10(2)15(9)16)19-6-5-14-11(3)17-18-12(14)4/h7-8H,5-6H2,1-4H3,(H,17,18). The summed E-state index contributed by atoms with van der Waals surface area (Å²) in [5.74, 6) is 0.873. The summed E-state index contributed by atoms with van der Waals surface area (Å²) in [6.07, 6.45) is 0.856. The molecule has 4 heteroatoms. The van der Waals surface area contributed by atoms with Gasteiger partial charge in [-0.3, -0.25) is 5.10 Å². The van der Waals surface area contributed by atoms with Crippen molar-refractivity contribution in [2.24, 2.45) is 0 Å². The molecule has 0 bridgehead atoms. The topological polar surface area (TPSA) is 37.9 Å². The molecule has 1 aromatic heterocycles. The molecule has 1 N–H and O–H groups in total. The third-order valence-corrected chi connectivity index (χ3v) is 3.91. The van der Waals surface area contributed by atoms with Gasteiger partial charge in [-0.2, -0.15) is 5.10 Å². The molecule has 1 aromatic carbocycles. The molecule has 0 amide bonds. The predicted molar refractivity (Wildman–Crippen MR) is 78.2 cm³/mol. The van der Waals surface area contributed by atoms with Crippen LogP contribution in [0.4, 0.5) is 0 Å². The Morgan fingerprint density at radius 3 is 2.32 bits per heavy atom. The maximum atomic E-state index is 6.14. The van der Waals surface area contributed by atoms with E-state index < -0.39 is 0 Å². The summed E-state index contributed by atoms with van der Waals surface area (Å²) in [6.45, 7) is 8.67. The Morgan fingerprint density at radius 2 is 1.79 bits per heavy atom. The van der Waals surface area contributed by atoms with Crippen molar-refractivity contribution < 1.29 is 4.74 Å². The van der Waals surface area contributed by atoms with Gasteiger partial charge in [-0.25, -0.2) is 0 Å². The Labute approximate surface area is 118 Å². The summed E-state index contributed by atoms with van der Waals surface area (Å²) >= 11 is 6.14. The minimum Gasteiger partial charge on any atom is -0.493 e. The van der Waals surface area contributed by atoms with Crippen molar-refractivity contribution in [3.05, 3.63) is 45.2 Å². The summed E-state index contributed by atoms with van der Waals surface area (Å²) in [7, 11) is 0. The van der Waals surface area contributed by atoms with Crippen molar-refractivity contribution in [1.29, 1.82) is 0 Å². The van der Waals surface area contributed by atoms with E-state index in [4.69, 9.17) is 16.3 Å². The predicted octanol–water partition coefficient (Wildman–Crippen LogP) is 3.92. The van der Waals surface area contributed by atoms with E-state index in [2.05, 4.69) is 10.2 Å². The highest BCUT2D eigenvalue weighted by molar-refractivity contribution is 6.32. The highest BCUT2D eigenvalue weighted by atomic mass is 35.5. The van der Waals surface area contributed by atoms with Crippen LogP contribution in [0.1, 0.15) is 28.1 Å². The van der Waals surface area contributed by atoms with Crippen LogP contribution in [0.15, 0.2) is 12.1 Å². The summed E-state index contributed by atoms with van der Waals surface area (Å²) in [6, 6.07) is 3.95. The number of halogens is 1. The van der Waals surface area contributed by atoms with Gasteiger partial charge in [-0.15, -0.1) is 0 Å². The molecule has 1 heterocycles. The van der Waals surface area contributed by atoms with Crippen LogP contribution in [0.5, 0.6) is 5.75 Å². The van der Waals surface area contributed by atoms with Gasteiger partial charge < -0.3 is 4.74 Å². The van der Waals surface area contributed by atoms with Gasteiger partial charge in [0, 0.05) is 17.1 Å². The minimum atomic E-state index is 0.641. The first-order chi connectivity index (χ1) is 8.99. The largest absolute Gasteiger partial charge is 0.493 e. The number of hydrogen-bond acceptors (Lipinski definition) is 2. The molecule has 0 radical (unpaired) electrons. The first kappa shape index (κ1) is 13.9. The summed E-state index contributed by atoms with van der Waals surface area (Å²) in [5.41, 5.74) is 5.50. The fraction of sp³-hybridized carbons (Fsp3) is 0.400. The molecule has 0 saturated heterocycles. The van der Waals surface area contributed by atoms with E-state index in [0.29, 0.717) is 6.61 Å². The van der Waals surface area contributed by atoms with Crippen LogP contribution in [0.3, 0.4) is 0 Å². The Bertz CT molecular complexity index is 547. The second-order valence-corrected chi connectivity index (χ2v) is 5.26.